The number of carbonyl (C=O) groups is 1. The van der Waals surface area contributed by atoms with Crippen LogP contribution in [0.15, 0.2) is 0 Å². The van der Waals surface area contributed by atoms with Crippen molar-refractivity contribution < 1.29 is 9.53 Å². The Hall–Kier alpha value is -0.610. The topological polar surface area (TPSA) is 41.6 Å². The van der Waals surface area contributed by atoms with Crippen LogP contribution in [0.4, 0.5) is 0 Å². The lowest BCUT2D eigenvalue weighted by atomic mass is 9.91. The van der Waals surface area contributed by atoms with E-state index in [-0.39, 0.29) is 12.0 Å². The average molecular weight is 268 g/mol. The normalized spacial score (nSPS) is 29.3. The van der Waals surface area contributed by atoms with Crippen LogP contribution >= 0.6 is 0 Å². The second-order valence-corrected chi connectivity index (χ2v) is 6.29. The van der Waals surface area contributed by atoms with E-state index >= 15 is 0 Å². The van der Waals surface area contributed by atoms with E-state index in [0.717, 1.165) is 19.0 Å². The highest BCUT2D eigenvalue weighted by Crippen LogP contribution is 2.36. The number of methoxy groups -OCH3 is 1. The summed E-state index contributed by atoms with van der Waals surface area (Å²) in [7, 11) is 1.48. The fourth-order valence-corrected chi connectivity index (χ4v) is 3.76. The van der Waals surface area contributed by atoms with Crippen LogP contribution in [0.3, 0.4) is 0 Å². The van der Waals surface area contributed by atoms with E-state index in [9.17, 15) is 4.79 Å². The van der Waals surface area contributed by atoms with E-state index in [1.54, 1.807) is 0 Å². The zero-order chi connectivity index (χ0) is 13.8. The van der Waals surface area contributed by atoms with Crippen LogP contribution in [0.1, 0.15) is 46.0 Å². The van der Waals surface area contributed by atoms with Gasteiger partial charge in [-0.2, -0.15) is 0 Å². The number of carbonyl (C=O) groups excluding carboxylic acids is 1. The molecule has 1 N–H and O–H groups in total. The summed E-state index contributed by atoms with van der Waals surface area (Å²) >= 11 is 0. The largest absolute Gasteiger partial charge is 0.468 e. The zero-order valence-electron chi connectivity index (χ0n) is 12.5. The monoisotopic (exact) mass is 268 g/mol. The highest BCUT2D eigenvalue weighted by molar-refractivity contribution is 5.76. The van der Waals surface area contributed by atoms with E-state index in [2.05, 4.69) is 24.1 Å². The number of ether oxygens (including phenoxy) is 1. The first-order chi connectivity index (χ1) is 9.11. The molecule has 2 aliphatic rings. The highest BCUT2D eigenvalue weighted by atomic mass is 16.5. The van der Waals surface area contributed by atoms with Crippen molar-refractivity contribution in [2.75, 3.05) is 20.2 Å². The summed E-state index contributed by atoms with van der Waals surface area (Å²) in [4.78, 5) is 14.4. The molecule has 19 heavy (non-hydrogen) atoms. The highest BCUT2D eigenvalue weighted by Gasteiger charge is 2.36. The van der Waals surface area contributed by atoms with Crippen molar-refractivity contribution in [2.45, 2.75) is 64.1 Å². The number of fused-ring (bicyclic) bond motifs is 1. The maximum Gasteiger partial charge on any atom is 0.324 e. The fraction of sp³-hybridized carbons (Fsp3) is 0.933. The first-order valence-corrected chi connectivity index (χ1v) is 7.69. The maximum atomic E-state index is 11.9. The first-order valence-electron chi connectivity index (χ1n) is 7.69. The number of esters is 1. The second-order valence-electron chi connectivity index (χ2n) is 6.29. The van der Waals surface area contributed by atoms with Crippen molar-refractivity contribution in [1.82, 2.24) is 10.2 Å². The van der Waals surface area contributed by atoms with Crippen LogP contribution in [-0.4, -0.2) is 49.2 Å². The summed E-state index contributed by atoms with van der Waals surface area (Å²) < 4.78 is 4.94. The predicted molar refractivity (Wildman–Crippen MR) is 76.0 cm³/mol. The molecule has 3 unspecified atom stereocenters. The van der Waals surface area contributed by atoms with Crippen molar-refractivity contribution >= 4 is 5.97 Å². The van der Waals surface area contributed by atoms with Crippen LogP contribution < -0.4 is 5.32 Å². The van der Waals surface area contributed by atoms with Crippen LogP contribution in [0.5, 0.6) is 0 Å². The molecular formula is C15H28N2O2. The first kappa shape index (κ1) is 14.8. The van der Waals surface area contributed by atoms with Gasteiger partial charge in [0.05, 0.1) is 7.11 Å². The molecule has 0 aromatic rings. The maximum absolute atomic E-state index is 11.9. The van der Waals surface area contributed by atoms with Crippen molar-refractivity contribution in [3.8, 4) is 0 Å². The standard InChI is InChI=1S/C15H28N2O2/c1-11(2)16-13(15(18)19-3)10-17-9-5-7-12-6-4-8-14(12)17/h11-14,16H,4-10H2,1-3H3. The Kier molecular flexibility index (Phi) is 5.22. The molecular weight excluding hydrogens is 240 g/mol. The number of rotatable bonds is 5. The van der Waals surface area contributed by atoms with E-state index in [1.165, 1.54) is 39.2 Å². The molecule has 0 radical (unpaired) electrons. The molecule has 1 saturated heterocycles. The summed E-state index contributed by atoms with van der Waals surface area (Å²) in [5, 5.41) is 3.34. The Morgan fingerprint density at radius 3 is 2.74 bits per heavy atom. The third-order valence-corrected chi connectivity index (χ3v) is 4.55. The lowest BCUT2D eigenvalue weighted by Gasteiger charge is -2.39. The molecule has 1 aliphatic heterocycles. The molecule has 1 aliphatic carbocycles. The van der Waals surface area contributed by atoms with E-state index < -0.39 is 0 Å². The molecule has 2 fully saturated rings. The molecule has 0 aromatic heterocycles. The van der Waals surface area contributed by atoms with Crippen molar-refractivity contribution in [3.63, 3.8) is 0 Å². The summed E-state index contributed by atoms with van der Waals surface area (Å²) in [5.41, 5.74) is 0. The van der Waals surface area contributed by atoms with E-state index in [0.29, 0.717) is 12.1 Å². The van der Waals surface area contributed by atoms with Gasteiger partial charge in [-0.3, -0.25) is 9.69 Å². The molecule has 1 heterocycles. The Bertz CT molecular complexity index is 307. The SMILES string of the molecule is COC(=O)C(CN1CCCC2CCCC21)NC(C)C. The Balaban J connectivity index is 1.97. The van der Waals surface area contributed by atoms with Gasteiger partial charge in [0.25, 0.3) is 0 Å². The molecule has 2 rings (SSSR count). The van der Waals surface area contributed by atoms with Crippen LogP contribution in [0.25, 0.3) is 0 Å². The van der Waals surface area contributed by atoms with Gasteiger partial charge in [-0.1, -0.05) is 20.3 Å². The van der Waals surface area contributed by atoms with Crippen molar-refractivity contribution in [2.24, 2.45) is 5.92 Å². The van der Waals surface area contributed by atoms with Gasteiger partial charge in [0.15, 0.2) is 0 Å². The quantitative estimate of drug-likeness (QED) is 0.772. The van der Waals surface area contributed by atoms with Gasteiger partial charge in [-0.05, 0) is 38.1 Å². The minimum atomic E-state index is -0.190. The Morgan fingerprint density at radius 1 is 1.32 bits per heavy atom. The number of hydrogen-bond donors (Lipinski definition) is 1. The molecule has 0 amide bonds. The summed E-state index contributed by atoms with van der Waals surface area (Å²) in [6, 6.07) is 0.812. The zero-order valence-corrected chi connectivity index (χ0v) is 12.5. The lowest BCUT2D eigenvalue weighted by molar-refractivity contribution is -0.144. The summed E-state index contributed by atoms with van der Waals surface area (Å²) in [5.74, 6) is 0.736. The van der Waals surface area contributed by atoms with Gasteiger partial charge >= 0.3 is 5.97 Å². The van der Waals surface area contributed by atoms with Crippen LogP contribution in [-0.2, 0) is 9.53 Å². The summed E-state index contributed by atoms with van der Waals surface area (Å²) in [6.45, 7) is 6.08. The Labute approximate surface area is 116 Å². The molecule has 1 saturated carbocycles. The molecule has 0 bridgehead atoms. The van der Waals surface area contributed by atoms with E-state index in [4.69, 9.17) is 4.74 Å². The van der Waals surface area contributed by atoms with Gasteiger partial charge < -0.3 is 10.1 Å². The molecule has 4 heteroatoms. The van der Waals surface area contributed by atoms with Crippen molar-refractivity contribution in [1.29, 1.82) is 0 Å². The van der Waals surface area contributed by atoms with Crippen molar-refractivity contribution in [3.05, 3.63) is 0 Å². The molecule has 0 spiro atoms. The second kappa shape index (κ2) is 6.71. The minimum absolute atomic E-state index is 0.131. The number of piperidine rings is 1. The van der Waals surface area contributed by atoms with E-state index in [1.807, 2.05) is 0 Å². The average Bonchev–Trinajstić information content (AvgIpc) is 2.85. The molecule has 4 nitrogen and oxygen atoms in total. The number of nitrogens with zero attached hydrogens (tertiary/aromatic N) is 1. The Morgan fingerprint density at radius 2 is 2.05 bits per heavy atom. The number of likely N-dealkylation sites (tertiary alicyclic amines) is 1. The van der Waals surface area contributed by atoms with Crippen LogP contribution in [0.2, 0.25) is 0 Å². The molecule has 0 aromatic carbocycles. The fourth-order valence-electron chi connectivity index (χ4n) is 3.76. The number of nitrogens with one attached hydrogen (secondary N) is 1. The van der Waals surface area contributed by atoms with Gasteiger partial charge in [0.1, 0.15) is 6.04 Å². The predicted octanol–water partition coefficient (Wildman–Crippen LogP) is 1.79. The van der Waals surface area contributed by atoms with Gasteiger partial charge in [-0.15, -0.1) is 0 Å². The third-order valence-electron chi connectivity index (χ3n) is 4.55. The number of hydrogen-bond acceptors (Lipinski definition) is 4. The third kappa shape index (κ3) is 3.69. The summed E-state index contributed by atoms with van der Waals surface area (Å²) in [6.07, 6.45) is 6.69. The lowest BCUT2D eigenvalue weighted by Crippen LogP contribution is -2.53. The van der Waals surface area contributed by atoms with Gasteiger partial charge in [0.2, 0.25) is 0 Å². The molecule has 3 atom stereocenters. The van der Waals surface area contributed by atoms with Gasteiger partial charge in [0, 0.05) is 18.6 Å². The smallest absolute Gasteiger partial charge is 0.324 e. The van der Waals surface area contributed by atoms with Crippen LogP contribution in [0, 0.1) is 5.92 Å². The minimum Gasteiger partial charge on any atom is -0.468 e. The molecule has 110 valence electrons. The van der Waals surface area contributed by atoms with Gasteiger partial charge in [-0.25, -0.2) is 0 Å².